The van der Waals surface area contributed by atoms with Crippen LogP contribution in [0.3, 0.4) is 0 Å². The van der Waals surface area contributed by atoms with Gasteiger partial charge in [-0.1, -0.05) is 98.3 Å². The maximum Gasteiger partial charge on any atom is 2.00 e. The van der Waals surface area contributed by atoms with E-state index in [2.05, 4.69) is 108 Å². The monoisotopic (exact) mass is 714 g/mol. The van der Waals surface area contributed by atoms with Gasteiger partial charge in [0.05, 0.1) is 11.8 Å². The SMILES string of the molecule is CC(=O)CC(C)O.Cc1cc(C)c(B(c2cccc(-c3ccccn3)c2C)c2c(C)cc(C)cc2C)c(C)c1.[Pt+2]. The third-order valence-electron chi connectivity index (χ3n) is 7.26. The third-order valence-corrected chi connectivity index (χ3v) is 7.26. The summed E-state index contributed by atoms with van der Waals surface area (Å²) in [6.45, 7) is 18.9. The van der Waals surface area contributed by atoms with Crippen LogP contribution in [0.1, 0.15) is 59.2 Å². The number of carbonyl (C=O) groups is 1. The Hall–Kier alpha value is -2.81. The Bertz CT molecular complexity index is 1360. The molecule has 1 heterocycles. The van der Waals surface area contributed by atoms with E-state index in [4.69, 9.17) is 5.11 Å². The molecular weight excluding hydrogens is 672 g/mol. The standard InChI is InChI=1S/C30H32BN.C5H10O2.Pt/c1-19-15-21(3)29(22(4)16-19)31(30-23(5)17-20(2)18-24(30)6)27-12-10-11-26(25(27)7)28-13-8-9-14-32-28;1-4(6)3-5(2)7;/h8-18H,1-7H3;4,6H,3H2,1-2H3;/q;;+2. The number of hydrogen-bond donors (Lipinski definition) is 1. The van der Waals surface area contributed by atoms with Crippen molar-refractivity contribution in [3.05, 3.63) is 106 Å². The molecule has 1 unspecified atom stereocenters. The number of aliphatic hydroxyl groups excluding tert-OH is 1. The van der Waals surface area contributed by atoms with Gasteiger partial charge in [-0.15, -0.1) is 0 Å². The Balaban J connectivity index is 0.000000623. The van der Waals surface area contributed by atoms with Crippen LogP contribution in [-0.2, 0) is 25.9 Å². The molecule has 0 radical (unpaired) electrons. The van der Waals surface area contributed by atoms with Crippen molar-refractivity contribution < 1.29 is 31.0 Å². The number of aliphatic hydroxyl groups is 1. The maximum absolute atomic E-state index is 10.1. The van der Waals surface area contributed by atoms with Gasteiger partial charge in [0.15, 0.2) is 0 Å². The zero-order valence-corrected chi connectivity index (χ0v) is 27.6. The van der Waals surface area contributed by atoms with E-state index in [1.807, 2.05) is 12.3 Å². The van der Waals surface area contributed by atoms with E-state index in [0.29, 0.717) is 0 Å². The van der Waals surface area contributed by atoms with Gasteiger partial charge in [-0.3, -0.25) is 9.78 Å². The predicted molar refractivity (Wildman–Crippen MR) is 167 cm³/mol. The van der Waals surface area contributed by atoms with Gasteiger partial charge in [-0.2, -0.15) is 0 Å². The summed E-state index contributed by atoms with van der Waals surface area (Å²) in [6, 6.07) is 22.1. The molecule has 210 valence electrons. The van der Waals surface area contributed by atoms with Crippen LogP contribution in [0.4, 0.5) is 0 Å². The van der Waals surface area contributed by atoms with Crippen molar-refractivity contribution in [3.63, 3.8) is 0 Å². The van der Waals surface area contributed by atoms with Crippen LogP contribution in [0.15, 0.2) is 66.9 Å². The molecule has 5 heteroatoms. The van der Waals surface area contributed by atoms with Gasteiger partial charge in [0.2, 0.25) is 6.71 Å². The zero-order chi connectivity index (χ0) is 28.9. The smallest absolute Gasteiger partial charge is 0.393 e. The van der Waals surface area contributed by atoms with Gasteiger partial charge in [0.25, 0.3) is 0 Å². The largest absolute Gasteiger partial charge is 2.00 e. The molecule has 0 fully saturated rings. The summed E-state index contributed by atoms with van der Waals surface area (Å²) >= 11 is 0. The molecule has 1 atom stereocenters. The molecule has 0 spiro atoms. The fourth-order valence-corrected chi connectivity index (χ4v) is 5.93. The summed E-state index contributed by atoms with van der Waals surface area (Å²) in [4.78, 5) is 14.7. The Morgan fingerprint density at radius 1 is 0.800 bits per heavy atom. The van der Waals surface area contributed by atoms with Gasteiger partial charge >= 0.3 is 21.1 Å². The number of ketones is 1. The maximum atomic E-state index is 10.1. The molecule has 0 aliphatic rings. The first-order chi connectivity index (χ1) is 18.4. The molecule has 0 aliphatic heterocycles. The van der Waals surface area contributed by atoms with Crippen LogP contribution in [0.2, 0.25) is 0 Å². The average Bonchev–Trinajstić information content (AvgIpc) is 2.82. The fourth-order valence-electron chi connectivity index (χ4n) is 5.93. The Labute approximate surface area is 255 Å². The summed E-state index contributed by atoms with van der Waals surface area (Å²) < 4.78 is 0. The Kier molecular flexibility index (Phi) is 12.3. The molecule has 3 aromatic carbocycles. The van der Waals surface area contributed by atoms with Crippen molar-refractivity contribution >= 4 is 28.9 Å². The molecule has 4 aromatic rings. The molecule has 0 saturated carbocycles. The number of pyridine rings is 1. The number of Topliss-reactive ketones (excluding diaryl/α,β-unsaturated/α-hetero) is 1. The van der Waals surface area contributed by atoms with Crippen molar-refractivity contribution in [1.29, 1.82) is 0 Å². The van der Waals surface area contributed by atoms with Crippen molar-refractivity contribution in [1.82, 2.24) is 4.98 Å². The van der Waals surface area contributed by atoms with Gasteiger partial charge in [0, 0.05) is 18.2 Å². The quantitative estimate of drug-likeness (QED) is 0.259. The van der Waals surface area contributed by atoms with Crippen LogP contribution in [0.5, 0.6) is 0 Å². The first kappa shape index (κ1) is 33.4. The minimum atomic E-state index is -0.475. The number of benzene rings is 3. The molecule has 1 aromatic heterocycles. The van der Waals surface area contributed by atoms with Crippen molar-refractivity contribution in [2.45, 2.75) is 74.8 Å². The van der Waals surface area contributed by atoms with Crippen LogP contribution >= 0.6 is 0 Å². The van der Waals surface area contributed by atoms with E-state index in [1.165, 1.54) is 67.8 Å². The molecule has 4 rings (SSSR count). The summed E-state index contributed by atoms with van der Waals surface area (Å²) in [5.74, 6) is 0.0370. The molecule has 0 amide bonds. The third kappa shape index (κ3) is 8.12. The van der Waals surface area contributed by atoms with Crippen molar-refractivity contribution in [2.75, 3.05) is 0 Å². The number of carbonyl (C=O) groups excluding carboxylic acids is 1. The van der Waals surface area contributed by atoms with Gasteiger partial charge < -0.3 is 5.11 Å². The minimum Gasteiger partial charge on any atom is -0.393 e. The number of rotatable bonds is 6. The van der Waals surface area contributed by atoms with E-state index < -0.39 is 6.10 Å². The second kappa shape index (κ2) is 14.7. The zero-order valence-electron chi connectivity index (χ0n) is 25.3. The van der Waals surface area contributed by atoms with Crippen molar-refractivity contribution in [2.24, 2.45) is 0 Å². The Morgan fingerprint density at radius 3 is 1.68 bits per heavy atom. The van der Waals surface area contributed by atoms with Crippen molar-refractivity contribution in [3.8, 4) is 11.3 Å². The summed E-state index contributed by atoms with van der Waals surface area (Å²) in [5, 5.41) is 8.50. The molecule has 40 heavy (non-hydrogen) atoms. The van der Waals surface area contributed by atoms with Gasteiger partial charge in [-0.25, -0.2) is 0 Å². The van der Waals surface area contributed by atoms with E-state index in [-0.39, 0.29) is 40.0 Å². The summed E-state index contributed by atoms with van der Waals surface area (Å²) in [7, 11) is 0. The van der Waals surface area contributed by atoms with Crippen LogP contribution < -0.4 is 16.4 Å². The van der Waals surface area contributed by atoms with Crippen LogP contribution in [0, 0.1) is 48.5 Å². The molecule has 0 aliphatic carbocycles. The number of nitrogens with zero attached hydrogens (tertiary/aromatic N) is 1. The topological polar surface area (TPSA) is 50.2 Å². The Morgan fingerprint density at radius 2 is 1.30 bits per heavy atom. The summed E-state index contributed by atoms with van der Waals surface area (Å²) in [6.07, 6.45) is 1.68. The van der Waals surface area contributed by atoms with E-state index in [9.17, 15) is 4.79 Å². The van der Waals surface area contributed by atoms with Gasteiger partial charge in [0.1, 0.15) is 5.78 Å². The van der Waals surface area contributed by atoms with Crippen LogP contribution in [0.25, 0.3) is 11.3 Å². The number of aryl methyl sites for hydroxylation is 6. The van der Waals surface area contributed by atoms with Gasteiger partial charge in [-0.05, 0) is 80.0 Å². The minimum absolute atomic E-state index is 0. The molecule has 0 bridgehead atoms. The molecule has 3 nitrogen and oxygen atoms in total. The van der Waals surface area contributed by atoms with E-state index in [1.54, 1.807) is 6.92 Å². The number of aromatic nitrogens is 1. The predicted octanol–water partition coefficient (Wildman–Crippen LogP) is 5.77. The fraction of sp³-hybridized carbons (Fsp3) is 0.314. The molecule has 1 N–H and O–H groups in total. The van der Waals surface area contributed by atoms with E-state index >= 15 is 0 Å². The second-order valence-electron chi connectivity index (χ2n) is 11.0. The van der Waals surface area contributed by atoms with E-state index in [0.717, 1.165) is 5.69 Å². The first-order valence-corrected chi connectivity index (χ1v) is 13.7. The summed E-state index contributed by atoms with van der Waals surface area (Å²) in [5.41, 5.74) is 15.8. The number of hydrogen-bond acceptors (Lipinski definition) is 3. The normalized spacial score (nSPS) is 11.2. The molecule has 0 saturated heterocycles. The first-order valence-electron chi connectivity index (χ1n) is 13.7. The molecular formula is C35H42BNO2Pt+2. The average molecular weight is 715 g/mol. The second-order valence-corrected chi connectivity index (χ2v) is 11.0. The van der Waals surface area contributed by atoms with Crippen LogP contribution in [-0.4, -0.2) is 28.7 Å².